The van der Waals surface area contributed by atoms with Crippen LogP contribution in [0.1, 0.15) is 22.3 Å². The fourth-order valence-electron chi connectivity index (χ4n) is 1.47. The van der Waals surface area contributed by atoms with Crippen molar-refractivity contribution in [1.29, 1.82) is 0 Å². The second-order valence-corrected chi connectivity index (χ2v) is 4.20. The highest BCUT2D eigenvalue weighted by Gasteiger charge is 2.05. The van der Waals surface area contributed by atoms with Crippen molar-refractivity contribution in [2.75, 3.05) is 0 Å². The van der Waals surface area contributed by atoms with Crippen LogP contribution in [0.2, 0.25) is 0 Å². The first-order valence-corrected chi connectivity index (χ1v) is 5.90. The molecule has 1 aromatic heterocycles. The minimum Gasteiger partial charge on any atom is -0.294 e. The van der Waals surface area contributed by atoms with Crippen molar-refractivity contribution in [1.82, 2.24) is 0 Å². The first kappa shape index (κ1) is 10.1. The van der Waals surface area contributed by atoms with E-state index < -0.39 is 0 Å². The Balaban J connectivity index is 1.92. The van der Waals surface area contributed by atoms with E-state index in [4.69, 9.17) is 0 Å². The van der Waals surface area contributed by atoms with Gasteiger partial charge in [0, 0.05) is 17.4 Å². The molecule has 1 nitrogen and oxygen atoms in total. The molecule has 0 fully saturated rings. The van der Waals surface area contributed by atoms with E-state index in [-0.39, 0.29) is 5.78 Å². The lowest BCUT2D eigenvalue weighted by molar-refractivity contribution is 0.0983. The van der Waals surface area contributed by atoms with Gasteiger partial charge in [0.1, 0.15) is 0 Å². The van der Waals surface area contributed by atoms with E-state index in [0.717, 1.165) is 12.0 Å². The van der Waals surface area contributed by atoms with Gasteiger partial charge in [-0.25, -0.2) is 0 Å². The molecule has 0 amide bonds. The summed E-state index contributed by atoms with van der Waals surface area (Å²) in [5.74, 6) is 0.236. The molecule has 0 aliphatic rings. The van der Waals surface area contributed by atoms with Crippen LogP contribution in [0.15, 0.2) is 47.2 Å². The summed E-state index contributed by atoms with van der Waals surface area (Å²) in [7, 11) is 0. The molecule has 0 unspecified atom stereocenters. The minimum atomic E-state index is 0.236. The summed E-state index contributed by atoms with van der Waals surface area (Å²) in [6.45, 7) is 0. The molecule has 0 N–H and O–H groups in total. The molecule has 0 aliphatic heterocycles. The summed E-state index contributed by atoms with van der Waals surface area (Å²) in [6, 6.07) is 12.0. The number of carbonyl (C=O) groups excluding carboxylic acids is 1. The molecular formula is C13H12OS. The molecule has 2 heteroatoms. The highest BCUT2D eigenvalue weighted by molar-refractivity contribution is 7.08. The summed E-state index contributed by atoms with van der Waals surface area (Å²) < 4.78 is 0. The standard InChI is InChI=1S/C13H12OS/c14-13(12-8-9-15-10-12)7-6-11-4-2-1-3-5-11/h1-5,8-10H,6-7H2. The Bertz CT molecular complexity index is 417. The van der Waals surface area contributed by atoms with E-state index >= 15 is 0 Å². The predicted molar refractivity (Wildman–Crippen MR) is 63.4 cm³/mol. The van der Waals surface area contributed by atoms with Crippen molar-refractivity contribution >= 4 is 17.1 Å². The molecule has 0 atom stereocenters. The zero-order chi connectivity index (χ0) is 10.5. The first-order chi connectivity index (χ1) is 7.36. The molecule has 1 aromatic carbocycles. The fourth-order valence-corrected chi connectivity index (χ4v) is 2.13. The van der Waals surface area contributed by atoms with Gasteiger partial charge in [0.05, 0.1) is 0 Å². The molecule has 0 aliphatic carbocycles. The zero-order valence-corrected chi connectivity index (χ0v) is 9.17. The molecule has 1 heterocycles. The monoisotopic (exact) mass is 216 g/mol. The number of Topliss-reactive ketones (excluding diaryl/α,β-unsaturated/α-hetero) is 1. The molecule has 0 saturated heterocycles. The Morgan fingerprint density at radius 2 is 1.93 bits per heavy atom. The lowest BCUT2D eigenvalue weighted by Crippen LogP contribution is -1.99. The molecule has 0 spiro atoms. The maximum absolute atomic E-state index is 11.7. The van der Waals surface area contributed by atoms with Crippen molar-refractivity contribution in [3.8, 4) is 0 Å². The van der Waals surface area contributed by atoms with Crippen molar-refractivity contribution < 1.29 is 4.79 Å². The molecule has 2 rings (SSSR count). The molecule has 0 radical (unpaired) electrons. The predicted octanol–water partition coefficient (Wildman–Crippen LogP) is 3.56. The maximum Gasteiger partial charge on any atom is 0.164 e. The average Bonchev–Trinajstić information content (AvgIpc) is 2.81. The minimum absolute atomic E-state index is 0.236. The smallest absolute Gasteiger partial charge is 0.164 e. The Kier molecular flexibility index (Phi) is 3.30. The molecular weight excluding hydrogens is 204 g/mol. The lowest BCUT2D eigenvalue weighted by Gasteiger charge is -1.99. The molecule has 0 saturated carbocycles. The highest BCUT2D eigenvalue weighted by atomic mass is 32.1. The maximum atomic E-state index is 11.7. The van der Waals surface area contributed by atoms with Gasteiger partial charge in [-0.2, -0.15) is 11.3 Å². The van der Waals surface area contributed by atoms with Crippen LogP contribution in [-0.2, 0) is 6.42 Å². The van der Waals surface area contributed by atoms with Gasteiger partial charge in [0.15, 0.2) is 5.78 Å². The molecule has 15 heavy (non-hydrogen) atoms. The highest BCUT2D eigenvalue weighted by Crippen LogP contribution is 2.11. The van der Waals surface area contributed by atoms with Gasteiger partial charge < -0.3 is 0 Å². The topological polar surface area (TPSA) is 17.1 Å². The number of thiophene rings is 1. The summed E-state index contributed by atoms with van der Waals surface area (Å²) in [5.41, 5.74) is 2.07. The number of benzene rings is 1. The number of hydrogen-bond donors (Lipinski definition) is 0. The fraction of sp³-hybridized carbons (Fsp3) is 0.154. The Labute approximate surface area is 93.4 Å². The second kappa shape index (κ2) is 4.89. The second-order valence-electron chi connectivity index (χ2n) is 3.42. The van der Waals surface area contributed by atoms with Crippen LogP contribution in [0.5, 0.6) is 0 Å². The Morgan fingerprint density at radius 3 is 2.60 bits per heavy atom. The van der Waals surface area contributed by atoms with E-state index in [0.29, 0.717) is 6.42 Å². The van der Waals surface area contributed by atoms with Crippen LogP contribution in [0, 0.1) is 0 Å². The number of rotatable bonds is 4. The molecule has 2 aromatic rings. The normalized spacial score (nSPS) is 10.1. The van der Waals surface area contributed by atoms with Gasteiger partial charge in [0.2, 0.25) is 0 Å². The first-order valence-electron chi connectivity index (χ1n) is 4.95. The van der Waals surface area contributed by atoms with Crippen molar-refractivity contribution in [3.63, 3.8) is 0 Å². The van der Waals surface area contributed by atoms with Gasteiger partial charge in [-0.3, -0.25) is 4.79 Å². The summed E-state index contributed by atoms with van der Waals surface area (Å²) in [6.07, 6.45) is 1.43. The van der Waals surface area contributed by atoms with Crippen LogP contribution in [0.25, 0.3) is 0 Å². The third kappa shape index (κ3) is 2.77. The van der Waals surface area contributed by atoms with Gasteiger partial charge in [-0.15, -0.1) is 0 Å². The molecule has 0 bridgehead atoms. The third-order valence-electron chi connectivity index (χ3n) is 2.33. The average molecular weight is 216 g/mol. The summed E-state index contributed by atoms with van der Waals surface area (Å²) in [5, 5.41) is 3.85. The lowest BCUT2D eigenvalue weighted by atomic mass is 10.1. The van der Waals surface area contributed by atoms with Crippen LogP contribution in [-0.4, -0.2) is 5.78 Å². The van der Waals surface area contributed by atoms with Crippen molar-refractivity contribution in [2.45, 2.75) is 12.8 Å². The van der Waals surface area contributed by atoms with Gasteiger partial charge in [-0.05, 0) is 23.4 Å². The van der Waals surface area contributed by atoms with E-state index in [9.17, 15) is 4.79 Å². The molecule has 76 valence electrons. The van der Waals surface area contributed by atoms with Crippen LogP contribution < -0.4 is 0 Å². The van der Waals surface area contributed by atoms with E-state index in [2.05, 4.69) is 12.1 Å². The van der Waals surface area contributed by atoms with Crippen molar-refractivity contribution in [2.24, 2.45) is 0 Å². The van der Waals surface area contributed by atoms with Gasteiger partial charge >= 0.3 is 0 Å². The van der Waals surface area contributed by atoms with Gasteiger partial charge in [0.25, 0.3) is 0 Å². The largest absolute Gasteiger partial charge is 0.294 e. The Hall–Kier alpha value is -1.41. The van der Waals surface area contributed by atoms with Crippen LogP contribution in [0.3, 0.4) is 0 Å². The van der Waals surface area contributed by atoms with Crippen molar-refractivity contribution in [3.05, 3.63) is 58.3 Å². The van der Waals surface area contributed by atoms with E-state index in [1.165, 1.54) is 5.56 Å². The summed E-state index contributed by atoms with van der Waals surface area (Å²) >= 11 is 1.57. The number of aryl methyl sites for hydroxylation is 1. The third-order valence-corrected chi connectivity index (χ3v) is 3.01. The Morgan fingerprint density at radius 1 is 1.13 bits per heavy atom. The van der Waals surface area contributed by atoms with Crippen LogP contribution in [0.4, 0.5) is 0 Å². The SMILES string of the molecule is O=C(CCc1ccccc1)c1ccsc1. The van der Waals surface area contributed by atoms with E-state index in [1.807, 2.05) is 35.0 Å². The number of carbonyl (C=O) groups is 1. The number of ketones is 1. The number of hydrogen-bond acceptors (Lipinski definition) is 2. The van der Waals surface area contributed by atoms with E-state index in [1.54, 1.807) is 11.3 Å². The quantitative estimate of drug-likeness (QED) is 0.714. The zero-order valence-electron chi connectivity index (χ0n) is 8.35. The summed E-state index contributed by atoms with van der Waals surface area (Å²) in [4.78, 5) is 11.7. The van der Waals surface area contributed by atoms with Gasteiger partial charge in [-0.1, -0.05) is 30.3 Å². The van der Waals surface area contributed by atoms with Crippen LogP contribution >= 0.6 is 11.3 Å².